The molecule has 0 bridgehead atoms. The van der Waals surface area contributed by atoms with E-state index < -0.39 is 0 Å². The zero-order chi connectivity index (χ0) is 14.9. The summed E-state index contributed by atoms with van der Waals surface area (Å²) in [6.45, 7) is 3.86. The summed E-state index contributed by atoms with van der Waals surface area (Å²) in [5, 5.41) is 0.773. The minimum atomic E-state index is 0.246. The van der Waals surface area contributed by atoms with Crippen LogP contribution in [0.3, 0.4) is 0 Å². The number of rotatable bonds is 4. The lowest BCUT2D eigenvalue weighted by Gasteiger charge is -2.36. The van der Waals surface area contributed by atoms with Gasteiger partial charge in [0.05, 0.1) is 11.0 Å². The van der Waals surface area contributed by atoms with Crippen molar-refractivity contribution in [3.63, 3.8) is 0 Å². The third-order valence-corrected chi connectivity index (χ3v) is 5.22. The van der Waals surface area contributed by atoms with Crippen LogP contribution in [0, 0.1) is 5.41 Å². The van der Waals surface area contributed by atoms with Gasteiger partial charge in [-0.05, 0) is 49.9 Å². The maximum Gasteiger partial charge on any atom is 0.110 e. The molecule has 1 aromatic heterocycles. The zero-order valence-electron chi connectivity index (χ0n) is 12.7. The van der Waals surface area contributed by atoms with Crippen LogP contribution in [-0.4, -0.2) is 16.1 Å². The highest BCUT2D eigenvalue weighted by Gasteiger charge is 2.32. The highest BCUT2D eigenvalue weighted by atomic mass is 35.5. The van der Waals surface area contributed by atoms with Crippen LogP contribution in [0.1, 0.15) is 44.9 Å². The molecule has 114 valence electrons. The molecule has 1 saturated carbocycles. The van der Waals surface area contributed by atoms with E-state index in [-0.39, 0.29) is 5.41 Å². The summed E-state index contributed by atoms with van der Waals surface area (Å²) in [4.78, 5) is 4.86. The highest BCUT2D eigenvalue weighted by molar-refractivity contribution is 6.31. The van der Waals surface area contributed by atoms with E-state index >= 15 is 0 Å². The van der Waals surface area contributed by atoms with E-state index in [0.29, 0.717) is 0 Å². The summed E-state index contributed by atoms with van der Waals surface area (Å²) < 4.78 is 2.30. The lowest BCUT2D eigenvalue weighted by molar-refractivity contribution is 0.192. The number of benzene rings is 1. The lowest BCUT2D eigenvalue weighted by atomic mass is 9.71. The van der Waals surface area contributed by atoms with Gasteiger partial charge < -0.3 is 10.3 Å². The largest absolute Gasteiger partial charge is 0.330 e. The first-order valence-electron chi connectivity index (χ1n) is 8.02. The van der Waals surface area contributed by atoms with Crippen molar-refractivity contribution in [1.29, 1.82) is 0 Å². The van der Waals surface area contributed by atoms with Crippen molar-refractivity contribution in [2.45, 2.75) is 52.0 Å². The Labute approximate surface area is 131 Å². The molecule has 0 amide bonds. The summed E-state index contributed by atoms with van der Waals surface area (Å²) in [6.07, 6.45) is 7.41. The van der Waals surface area contributed by atoms with Gasteiger partial charge in [0, 0.05) is 18.0 Å². The van der Waals surface area contributed by atoms with Crippen molar-refractivity contribution in [2.75, 3.05) is 6.54 Å². The van der Waals surface area contributed by atoms with E-state index in [4.69, 9.17) is 22.3 Å². The van der Waals surface area contributed by atoms with Gasteiger partial charge in [-0.1, -0.05) is 30.9 Å². The van der Waals surface area contributed by atoms with Crippen LogP contribution in [0.25, 0.3) is 11.0 Å². The van der Waals surface area contributed by atoms with Crippen LogP contribution < -0.4 is 5.73 Å². The van der Waals surface area contributed by atoms with Crippen molar-refractivity contribution in [1.82, 2.24) is 9.55 Å². The van der Waals surface area contributed by atoms with Gasteiger partial charge in [-0.2, -0.15) is 0 Å². The summed E-state index contributed by atoms with van der Waals surface area (Å²) in [6, 6.07) is 5.95. The molecule has 2 N–H and O–H groups in total. The van der Waals surface area contributed by atoms with Crippen molar-refractivity contribution >= 4 is 22.6 Å². The van der Waals surface area contributed by atoms with E-state index in [0.717, 1.165) is 35.6 Å². The average Bonchev–Trinajstić information content (AvgIpc) is 2.84. The van der Waals surface area contributed by atoms with Crippen LogP contribution in [0.4, 0.5) is 0 Å². The molecule has 0 atom stereocenters. The van der Waals surface area contributed by atoms with Crippen molar-refractivity contribution in [3.05, 3.63) is 29.0 Å². The van der Waals surface area contributed by atoms with Gasteiger partial charge in [0.25, 0.3) is 0 Å². The molecule has 1 fully saturated rings. The molecule has 0 spiro atoms. The van der Waals surface area contributed by atoms with Crippen LogP contribution in [0.5, 0.6) is 0 Å². The molecule has 0 aliphatic heterocycles. The molecule has 4 heteroatoms. The highest BCUT2D eigenvalue weighted by Crippen LogP contribution is 2.38. The molecule has 21 heavy (non-hydrogen) atoms. The minimum Gasteiger partial charge on any atom is -0.330 e. The second-order valence-corrected chi connectivity index (χ2v) is 6.78. The molecule has 3 nitrogen and oxygen atoms in total. The van der Waals surface area contributed by atoms with Crippen LogP contribution in [0.15, 0.2) is 18.2 Å². The number of imidazole rings is 1. The van der Waals surface area contributed by atoms with Gasteiger partial charge in [-0.25, -0.2) is 4.98 Å². The molecule has 0 saturated heterocycles. The van der Waals surface area contributed by atoms with Gasteiger partial charge in [0.2, 0.25) is 0 Å². The predicted octanol–water partition coefficient (Wildman–Crippen LogP) is 4.16. The average molecular weight is 306 g/mol. The van der Waals surface area contributed by atoms with E-state index in [2.05, 4.69) is 11.5 Å². The Morgan fingerprint density at radius 2 is 2.05 bits per heavy atom. The molecule has 3 rings (SSSR count). The van der Waals surface area contributed by atoms with Gasteiger partial charge in [0.15, 0.2) is 0 Å². The van der Waals surface area contributed by atoms with Crippen LogP contribution in [0.2, 0.25) is 5.02 Å². The summed E-state index contributed by atoms with van der Waals surface area (Å²) in [5.41, 5.74) is 8.57. The Hall–Kier alpha value is -1.06. The smallest absolute Gasteiger partial charge is 0.110 e. The number of halogens is 1. The minimum absolute atomic E-state index is 0.246. The van der Waals surface area contributed by atoms with Gasteiger partial charge in [0.1, 0.15) is 5.82 Å². The number of hydrogen-bond acceptors (Lipinski definition) is 2. The third kappa shape index (κ3) is 2.82. The molecular weight excluding hydrogens is 282 g/mol. The van der Waals surface area contributed by atoms with Crippen molar-refractivity contribution in [2.24, 2.45) is 11.1 Å². The maximum absolute atomic E-state index is 6.14. The number of aromatic nitrogens is 2. The Balaban J connectivity index is 1.99. The van der Waals surface area contributed by atoms with E-state index in [9.17, 15) is 0 Å². The van der Waals surface area contributed by atoms with E-state index in [1.807, 2.05) is 18.2 Å². The molecule has 1 aliphatic rings. The first-order valence-corrected chi connectivity index (χ1v) is 8.40. The number of aryl methyl sites for hydroxylation is 1. The molecule has 2 aromatic rings. The first-order chi connectivity index (χ1) is 10.2. The summed E-state index contributed by atoms with van der Waals surface area (Å²) in [7, 11) is 0. The normalized spacial score (nSPS) is 18.2. The molecular formula is C17H24ClN3. The monoisotopic (exact) mass is 305 g/mol. The molecule has 1 aromatic carbocycles. The van der Waals surface area contributed by atoms with Crippen molar-refractivity contribution < 1.29 is 0 Å². The zero-order valence-corrected chi connectivity index (χ0v) is 13.5. The molecule has 1 aliphatic carbocycles. The van der Waals surface area contributed by atoms with E-state index in [1.54, 1.807) is 0 Å². The topological polar surface area (TPSA) is 43.8 Å². The quantitative estimate of drug-likeness (QED) is 0.921. The SMILES string of the molecule is CCn1c(CC2(CN)CCCCC2)nc2ccc(Cl)cc21. The number of fused-ring (bicyclic) bond motifs is 1. The maximum atomic E-state index is 6.14. The first kappa shape index (κ1) is 14.9. The number of hydrogen-bond donors (Lipinski definition) is 1. The molecule has 1 heterocycles. The Morgan fingerprint density at radius 1 is 1.29 bits per heavy atom. The second kappa shape index (κ2) is 5.98. The Bertz CT molecular complexity index is 626. The standard InChI is InChI=1S/C17H24ClN3/c1-2-21-15-10-13(18)6-7-14(15)20-16(21)11-17(12-19)8-4-3-5-9-17/h6-7,10H,2-5,8-9,11-12,19H2,1H3. The van der Waals surface area contributed by atoms with Gasteiger partial charge in [-0.3, -0.25) is 0 Å². The van der Waals surface area contributed by atoms with Crippen LogP contribution >= 0.6 is 11.6 Å². The fourth-order valence-electron chi connectivity index (χ4n) is 3.72. The van der Waals surface area contributed by atoms with Gasteiger partial charge >= 0.3 is 0 Å². The number of nitrogens with two attached hydrogens (primary N) is 1. The predicted molar refractivity (Wildman–Crippen MR) is 88.7 cm³/mol. The summed E-state index contributed by atoms with van der Waals surface area (Å²) in [5.74, 6) is 1.17. The van der Waals surface area contributed by atoms with E-state index in [1.165, 1.54) is 37.9 Å². The third-order valence-electron chi connectivity index (χ3n) is 4.99. The fourth-order valence-corrected chi connectivity index (χ4v) is 3.89. The fraction of sp³-hybridized carbons (Fsp3) is 0.588. The molecule has 0 radical (unpaired) electrons. The lowest BCUT2D eigenvalue weighted by Crippen LogP contribution is -2.35. The Morgan fingerprint density at radius 3 is 2.71 bits per heavy atom. The second-order valence-electron chi connectivity index (χ2n) is 6.35. The molecule has 0 unspecified atom stereocenters. The van der Waals surface area contributed by atoms with Crippen LogP contribution in [-0.2, 0) is 13.0 Å². The number of nitrogens with zero attached hydrogens (tertiary/aromatic N) is 2. The summed E-state index contributed by atoms with van der Waals surface area (Å²) >= 11 is 6.14. The Kier molecular flexibility index (Phi) is 4.23. The van der Waals surface area contributed by atoms with Gasteiger partial charge in [-0.15, -0.1) is 0 Å². The van der Waals surface area contributed by atoms with Crippen molar-refractivity contribution in [3.8, 4) is 0 Å².